The Labute approximate surface area is 139 Å². The van der Waals surface area contributed by atoms with Crippen LogP contribution in [0.25, 0.3) is 0 Å². The Kier molecular flexibility index (Phi) is 4.39. The van der Waals surface area contributed by atoms with Crippen molar-refractivity contribution in [2.24, 2.45) is 0 Å². The number of imide groups is 1. The van der Waals surface area contributed by atoms with Crippen molar-refractivity contribution in [2.75, 3.05) is 12.0 Å². The third kappa shape index (κ3) is 3.24. The van der Waals surface area contributed by atoms with Gasteiger partial charge < -0.3 is 4.74 Å². The summed E-state index contributed by atoms with van der Waals surface area (Å²) in [7, 11) is 1.58. The quantitative estimate of drug-likeness (QED) is 0.807. The van der Waals surface area contributed by atoms with Gasteiger partial charge in [0.1, 0.15) is 5.75 Å². The van der Waals surface area contributed by atoms with Crippen molar-refractivity contribution in [1.82, 2.24) is 0 Å². The summed E-state index contributed by atoms with van der Waals surface area (Å²) >= 11 is 1.44. The molecule has 2 amide bonds. The fourth-order valence-corrected chi connectivity index (χ4v) is 3.53. The first-order chi connectivity index (χ1) is 11.1. The van der Waals surface area contributed by atoms with Crippen molar-refractivity contribution in [1.29, 1.82) is 0 Å². The Morgan fingerprint density at radius 3 is 2.30 bits per heavy atom. The Hall–Kier alpha value is -2.27. The largest absolute Gasteiger partial charge is 0.497 e. The van der Waals surface area contributed by atoms with Gasteiger partial charge in [-0.05, 0) is 43.3 Å². The van der Waals surface area contributed by atoms with Crippen LogP contribution in [0.3, 0.4) is 0 Å². The molecular formula is C18H17NO3S. The fraction of sp³-hybridized carbons (Fsp3) is 0.222. The van der Waals surface area contributed by atoms with E-state index in [1.165, 1.54) is 22.2 Å². The van der Waals surface area contributed by atoms with Crippen LogP contribution in [-0.2, 0) is 9.59 Å². The van der Waals surface area contributed by atoms with Gasteiger partial charge in [0.25, 0.3) is 0 Å². The normalized spacial score (nSPS) is 17.7. The number of benzene rings is 2. The van der Waals surface area contributed by atoms with E-state index in [2.05, 4.69) is 0 Å². The second kappa shape index (κ2) is 6.46. The maximum absolute atomic E-state index is 12.6. The van der Waals surface area contributed by atoms with Crippen LogP contribution in [0.15, 0.2) is 53.4 Å². The number of hydrogen-bond acceptors (Lipinski definition) is 4. The molecule has 1 aliphatic rings. The van der Waals surface area contributed by atoms with Gasteiger partial charge in [-0.25, -0.2) is 4.90 Å². The number of anilines is 1. The number of ether oxygens (including phenoxy) is 1. The summed E-state index contributed by atoms with van der Waals surface area (Å²) in [6.07, 6.45) is 0.226. The highest BCUT2D eigenvalue weighted by Gasteiger charge is 2.40. The standard InChI is InChI=1S/C18H17NO3S/c1-12-3-9-15(10-4-12)23-16-11-17(20)19(18(16)21)13-5-7-14(22-2)8-6-13/h3-10,16H,11H2,1-2H3. The summed E-state index contributed by atoms with van der Waals surface area (Å²) in [5.74, 6) is 0.369. The van der Waals surface area contributed by atoms with Gasteiger partial charge in [-0.15, -0.1) is 11.8 Å². The Bertz CT molecular complexity index is 725. The molecule has 1 aliphatic heterocycles. The second-order valence-electron chi connectivity index (χ2n) is 5.39. The van der Waals surface area contributed by atoms with Gasteiger partial charge in [0, 0.05) is 11.3 Å². The van der Waals surface area contributed by atoms with Crippen molar-refractivity contribution < 1.29 is 14.3 Å². The van der Waals surface area contributed by atoms with E-state index in [0.29, 0.717) is 11.4 Å². The summed E-state index contributed by atoms with van der Waals surface area (Å²) in [5, 5.41) is -0.368. The van der Waals surface area contributed by atoms with Gasteiger partial charge >= 0.3 is 0 Å². The second-order valence-corrected chi connectivity index (χ2v) is 6.67. The lowest BCUT2D eigenvalue weighted by molar-refractivity contribution is -0.121. The lowest BCUT2D eigenvalue weighted by Gasteiger charge is -2.15. The maximum Gasteiger partial charge on any atom is 0.247 e. The van der Waals surface area contributed by atoms with E-state index in [4.69, 9.17) is 4.74 Å². The number of carbonyl (C=O) groups excluding carboxylic acids is 2. The van der Waals surface area contributed by atoms with Gasteiger partial charge in [0.05, 0.1) is 18.0 Å². The Morgan fingerprint density at radius 1 is 1.04 bits per heavy atom. The highest BCUT2D eigenvalue weighted by molar-refractivity contribution is 8.00. The number of amides is 2. The highest BCUT2D eigenvalue weighted by atomic mass is 32.2. The average Bonchev–Trinajstić information content (AvgIpc) is 2.84. The van der Waals surface area contributed by atoms with E-state index >= 15 is 0 Å². The van der Waals surface area contributed by atoms with E-state index < -0.39 is 0 Å². The maximum atomic E-state index is 12.6. The Morgan fingerprint density at radius 2 is 1.70 bits per heavy atom. The molecule has 1 atom stereocenters. The van der Waals surface area contributed by atoms with E-state index in [0.717, 1.165) is 4.90 Å². The zero-order valence-electron chi connectivity index (χ0n) is 13.0. The molecule has 1 fully saturated rings. The molecule has 3 rings (SSSR count). The molecule has 0 saturated carbocycles. The minimum atomic E-state index is -0.368. The molecule has 0 N–H and O–H groups in total. The zero-order chi connectivity index (χ0) is 16.4. The number of aryl methyl sites for hydroxylation is 1. The van der Waals surface area contributed by atoms with Gasteiger partial charge in [-0.2, -0.15) is 0 Å². The first-order valence-corrected chi connectivity index (χ1v) is 8.20. The number of nitrogens with zero attached hydrogens (tertiary/aromatic N) is 1. The van der Waals surface area contributed by atoms with Crippen LogP contribution in [0.1, 0.15) is 12.0 Å². The zero-order valence-corrected chi connectivity index (χ0v) is 13.8. The molecule has 0 bridgehead atoms. The third-order valence-electron chi connectivity index (χ3n) is 3.74. The summed E-state index contributed by atoms with van der Waals surface area (Å²) < 4.78 is 5.10. The highest BCUT2D eigenvalue weighted by Crippen LogP contribution is 2.34. The smallest absolute Gasteiger partial charge is 0.247 e. The molecule has 1 heterocycles. The van der Waals surface area contributed by atoms with Crippen molar-refractivity contribution in [3.8, 4) is 5.75 Å². The summed E-state index contributed by atoms with van der Waals surface area (Å²) in [4.78, 5) is 27.1. The van der Waals surface area contributed by atoms with Gasteiger partial charge in [0.15, 0.2) is 0 Å². The molecule has 2 aromatic rings. The van der Waals surface area contributed by atoms with Crippen LogP contribution < -0.4 is 9.64 Å². The van der Waals surface area contributed by atoms with Crippen LogP contribution in [-0.4, -0.2) is 24.2 Å². The monoisotopic (exact) mass is 327 g/mol. The Balaban J connectivity index is 1.77. The molecule has 1 saturated heterocycles. The van der Waals surface area contributed by atoms with Crippen molar-refractivity contribution in [3.63, 3.8) is 0 Å². The van der Waals surface area contributed by atoms with Crippen LogP contribution in [0.5, 0.6) is 5.75 Å². The van der Waals surface area contributed by atoms with E-state index in [1.807, 2.05) is 31.2 Å². The summed E-state index contributed by atoms with van der Waals surface area (Å²) in [5.41, 5.74) is 1.76. The number of carbonyl (C=O) groups is 2. The lowest BCUT2D eigenvalue weighted by atomic mass is 10.2. The minimum Gasteiger partial charge on any atom is -0.497 e. The van der Waals surface area contributed by atoms with Crippen LogP contribution in [0.4, 0.5) is 5.69 Å². The molecule has 0 spiro atoms. The molecule has 118 valence electrons. The molecule has 0 aliphatic carbocycles. The molecule has 0 radical (unpaired) electrons. The molecule has 0 aromatic heterocycles. The van der Waals surface area contributed by atoms with Gasteiger partial charge in [-0.3, -0.25) is 9.59 Å². The molecule has 1 unspecified atom stereocenters. The number of rotatable bonds is 4. The van der Waals surface area contributed by atoms with Crippen LogP contribution >= 0.6 is 11.8 Å². The van der Waals surface area contributed by atoms with E-state index in [1.54, 1.807) is 31.4 Å². The topological polar surface area (TPSA) is 46.6 Å². The first kappa shape index (κ1) is 15.6. The predicted octanol–water partition coefficient (Wildman–Crippen LogP) is 3.43. The fourth-order valence-electron chi connectivity index (χ4n) is 2.48. The molecule has 2 aromatic carbocycles. The first-order valence-electron chi connectivity index (χ1n) is 7.32. The summed E-state index contributed by atoms with van der Waals surface area (Å²) in [6, 6.07) is 14.9. The minimum absolute atomic E-state index is 0.161. The number of methoxy groups -OCH3 is 1. The SMILES string of the molecule is COc1ccc(N2C(=O)CC(Sc3ccc(C)cc3)C2=O)cc1. The third-order valence-corrected chi connectivity index (χ3v) is 4.93. The lowest BCUT2D eigenvalue weighted by Crippen LogP contribution is -2.31. The van der Waals surface area contributed by atoms with Crippen molar-refractivity contribution in [2.45, 2.75) is 23.5 Å². The molecular weight excluding hydrogens is 310 g/mol. The number of hydrogen-bond donors (Lipinski definition) is 0. The molecule has 5 heteroatoms. The van der Waals surface area contributed by atoms with Crippen molar-refractivity contribution in [3.05, 3.63) is 54.1 Å². The van der Waals surface area contributed by atoms with Gasteiger partial charge in [-0.1, -0.05) is 17.7 Å². The van der Waals surface area contributed by atoms with Crippen LogP contribution in [0.2, 0.25) is 0 Å². The predicted molar refractivity (Wildman–Crippen MR) is 90.9 cm³/mol. The van der Waals surface area contributed by atoms with E-state index in [9.17, 15) is 9.59 Å². The van der Waals surface area contributed by atoms with Crippen LogP contribution in [0, 0.1) is 6.92 Å². The number of thioether (sulfide) groups is 1. The molecule has 23 heavy (non-hydrogen) atoms. The molecule has 4 nitrogen and oxygen atoms in total. The van der Waals surface area contributed by atoms with E-state index in [-0.39, 0.29) is 23.5 Å². The summed E-state index contributed by atoms with van der Waals surface area (Å²) in [6.45, 7) is 2.02. The van der Waals surface area contributed by atoms with Gasteiger partial charge in [0.2, 0.25) is 11.8 Å². The average molecular weight is 327 g/mol. The van der Waals surface area contributed by atoms with Crippen molar-refractivity contribution >= 4 is 29.3 Å².